The number of carbonyl (C=O) groups is 1. The van der Waals surface area contributed by atoms with E-state index in [2.05, 4.69) is 17.2 Å². The summed E-state index contributed by atoms with van der Waals surface area (Å²) < 4.78 is 5.34. The van der Waals surface area contributed by atoms with Gasteiger partial charge in [0.05, 0.1) is 5.69 Å². The molecule has 0 saturated carbocycles. The lowest BCUT2D eigenvalue weighted by Gasteiger charge is -2.31. The summed E-state index contributed by atoms with van der Waals surface area (Å²) in [5.74, 6) is 0.877. The standard InChI is InChI=1S/C11H17N3O2/c1-7-6-14(5-4-12-7)11(15)10-8(2)13-9(3)16-10/h7,12H,4-6H2,1-3H3. The zero-order valence-electron chi connectivity index (χ0n) is 9.91. The van der Waals surface area contributed by atoms with E-state index in [1.54, 1.807) is 13.8 Å². The monoisotopic (exact) mass is 223 g/mol. The molecule has 1 saturated heterocycles. The fourth-order valence-electron chi connectivity index (χ4n) is 1.99. The maximum absolute atomic E-state index is 12.1. The minimum Gasteiger partial charge on any atom is -0.436 e. The molecule has 1 amide bonds. The summed E-state index contributed by atoms with van der Waals surface area (Å²) in [6.45, 7) is 7.90. The van der Waals surface area contributed by atoms with Crippen LogP contribution in [0.3, 0.4) is 0 Å². The van der Waals surface area contributed by atoms with Crippen LogP contribution in [0.4, 0.5) is 0 Å². The molecule has 0 aliphatic carbocycles. The Kier molecular flexibility index (Phi) is 2.96. The Morgan fingerprint density at radius 3 is 2.88 bits per heavy atom. The van der Waals surface area contributed by atoms with Crippen LogP contribution in [0, 0.1) is 13.8 Å². The van der Waals surface area contributed by atoms with Gasteiger partial charge in [0.25, 0.3) is 5.91 Å². The van der Waals surface area contributed by atoms with Crippen molar-refractivity contribution < 1.29 is 9.21 Å². The molecule has 1 unspecified atom stereocenters. The summed E-state index contributed by atoms with van der Waals surface area (Å²) in [6, 6.07) is 0.335. The van der Waals surface area contributed by atoms with Crippen LogP contribution in [-0.4, -0.2) is 41.5 Å². The maximum Gasteiger partial charge on any atom is 0.291 e. The second kappa shape index (κ2) is 4.25. The van der Waals surface area contributed by atoms with Crippen molar-refractivity contribution in [3.05, 3.63) is 17.3 Å². The van der Waals surface area contributed by atoms with Gasteiger partial charge in [0.15, 0.2) is 5.89 Å². The SMILES string of the molecule is Cc1nc(C)c(C(=O)N2CCNC(C)C2)o1. The number of aryl methyl sites for hydroxylation is 2. The average molecular weight is 223 g/mol. The quantitative estimate of drug-likeness (QED) is 0.762. The number of carbonyl (C=O) groups excluding carboxylic acids is 1. The molecule has 1 atom stereocenters. The van der Waals surface area contributed by atoms with Gasteiger partial charge in [-0.25, -0.2) is 4.98 Å². The number of hydrogen-bond donors (Lipinski definition) is 1. The van der Waals surface area contributed by atoms with Crippen LogP contribution >= 0.6 is 0 Å². The van der Waals surface area contributed by atoms with E-state index in [1.165, 1.54) is 0 Å². The first-order chi connectivity index (χ1) is 7.58. The van der Waals surface area contributed by atoms with E-state index >= 15 is 0 Å². The number of nitrogens with one attached hydrogen (secondary N) is 1. The molecule has 1 aromatic heterocycles. The molecule has 0 radical (unpaired) electrons. The fraction of sp³-hybridized carbons (Fsp3) is 0.636. The lowest BCUT2D eigenvalue weighted by molar-refractivity contribution is 0.0674. The largest absolute Gasteiger partial charge is 0.436 e. The lowest BCUT2D eigenvalue weighted by atomic mass is 10.2. The zero-order valence-corrected chi connectivity index (χ0v) is 9.91. The molecular formula is C11H17N3O2. The van der Waals surface area contributed by atoms with E-state index in [9.17, 15) is 4.79 Å². The molecule has 2 heterocycles. The second-order valence-electron chi connectivity index (χ2n) is 4.25. The Hall–Kier alpha value is -1.36. The zero-order chi connectivity index (χ0) is 11.7. The molecule has 0 aromatic carbocycles. The van der Waals surface area contributed by atoms with E-state index in [0.717, 1.165) is 19.6 Å². The molecule has 5 nitrogen and oxygen atoms in total. The van der Waals surface area contributed by atoms with Gasteiger partial charge in [-0.15, -0.1) is 0 Å². The van der Waals surface area contributed by atoms with Crippen LogP contribution < -0.4 is 5.32 Å². The molecule has 5 heteroatoms. The molecule has 0 spiro atoms. The average Bonchev–Trinajstić information content (AvgIpc) is 2.57. The topological polar surface area (TPSA) is 58.4 Å². The van der Waals surface area contributed by atoms with Crippen molar-refractivity contribution in [2.75, 3.05) is 19.6 Å². The normalized spacial score (nSPS) is 21.2. The second-order valence-corrected chi connectivity index (χ2v) is 4.25. The van der Waals surface area contributed by atoms with Crippen LogP contribution in [0.1, 0.15) is 29.1 Å². The number of hydrogen-bond acceptors (Lipinski definition) is 4. The number of oxazole rings is 1. The molecule has 1 aromatic rings. The van der Waals surface area contributed by atoms with Crippen molar-refractivity contribution in [2.24, 2.45) is 0 Å². The summed E-state index contributed by atoms with van der Waals surface area (Å²) in [5, 5.41) is 3.30. The third-order valence-corrected chi connectivity index (χ3v) is 2.75. The number of nitrogens with zero attached hydrogens (tertiary/aromatic N) is 2. The maximum atomic E-state index is 12.1. The smallest absolute Gasteiger partial charge is 0.291 e. The molecule has 1 aliphatic heterocycles. The van der Waals surface area contributed by atoms with Gasteiger partial charge in [-0.3, -0.25) is 4.79 Å². The Morgan fingerprint density at radius 2 is 2.31 bits per heavy atom. The molecule has 1 aliphatic rings. The Morgan fingerprint density at radius 1 is 1.56 bits per heavy atom. The highest BCUT2D eigenvalue weighted by Gasteiger charge is 2.25. The fourth-order valence-corrected chi connectivity index (χ4v) is 1.99. The number of amides is 1. The summed E-state index contributed by atoms with van der Waals surface area (Å²) >= 11 is 0. The van der Waals surface area contributed by atoms with Crippen LogP contribution in [0.15, 0.2) is 4.42 Å². The first-order valence-electron chi connectivity index (χ1n) is 5.54. The highest BCUT2D eigenvalue weighted by molar-refractivity contribution is 5.92. The minimum absolute atomic E-state index is 0.0496. The van der Waals surface area contributed by atoms with E-state index in [4.69, 9.17) is 4.42 Å². The molecule has 1 N–H and O–H groups in total. The van der Waals surface area contributed by atoms with Crippen LogP contribution in [0.5, 0.6) is 0 Å². The molecule has 16 heavy (non-hydrogen) atoms. The summed E-state index contributed by atoms with van der Waals surface area (Å²) in [5.41, 5.74) is 0.675. The first kappa shape index (κ1) is 11.1. The van der Waals surface area contributed by atoms with Gasteiger partial charge < -0.3 is 14.6 Å². The molecule has 0 bridgehead atoms. The predicted molar refractivity (Wildman–Crippen MR) is 59.3 cm³/mol. The third-order valence-electron chi connectivity index (χ3n) is 2.75. The summed E-state index contributed by atoms with van der Waals surface area (Å²) in [7, 11) is 0. The van der Waals surface area contributed by atoms with Crippen molar-refractivity contribution >= 4 is 5.91 Å². The molecule has 2 rings (SSSR count). The molecule has 88 valence electrons. The van der Waals surface area contributed by atoms with Crippen molar-refractivity contribution in [1.29, 1.82) is 0 Å². The lowest BCUT2D eigenvalue weighted by Crippen LogP contribution is -2.51. The van der Waals surface area contributed by atoms with Gasteiger partial charge in [-0.05, 0) is 13.8 Å². The van der Waals surface area contributed by atoms with Gasteiger partial charge in [-0.2, -0.15) is 0 Å². The van der Waals surface area contributed by atoms with E-state index < -0.39 is 0 Å². The highest BCUT2D eigenvalue weighted by atomic mass is 16.4. The van der Waals surface area contributed by atoms with E-state index in [0.29, 0.717) is 23.4 Å². The van der Waals surface area contributed by atoms with Gasteiger partial charge >= 0.3 is 0 Å². The summed E-state index contributed by atoms with van der Waals surface area (Å²) in [4.78, 5) is 18.1. The van der Waals surface area contributed by atoms with Gasteiger partial charge in [0, 0.05) is 32.6 Å². The Bertz CT molecular complexity index is 400. The van der Waals surface area contributed by atoms with Crippen LogP contribution in [0.25, 0.3) is 0 Å². The van der Waals surface area contributed by atoms with Gasteiger partial charge in [0.2, 0.25) is 5.76 Å². The third kappa shape index (κ3) is 2.09. The first-order valence-corrected chi connectivity index (χ1v) is 5.54. The van der Waals surface area contributed by atoms with Crippen LogP contribution in [0.2, 0.25) is 0 Å². The van der Waals surface area contributed by atoms with Crippen LogP contribution in [-0.2, 0) is 0 Å². The van der Waals surface area contributed by atoms with Gasteiger partial charge in [-0.1, -0.05) is 0 Å². The molecular weight excluding hydrogens is 206 g/mol. The Labute approximate surface area is 94.8 Å². The van der Waals surface area contributed by atoms with E-state index in [-0.39, 0.29) is 5.91 Å². The predicted octanol–water partition coefficient (Wildman–Crippen LogP) is 0.725. The number of rotatable bonds is 1. The van der Waals surface area contributed by atoms with Crippen molar-refractivity contribution in [3.63, 3.8) is 0 Å². The molecule has 1 fully saturated rings. The number of piperazine rings is 1. The van der Waals surface area contributed by atoms with Gasteiger partial charge in [0.1, 0.15) is 0 Å². The van der Waals surface area contributed by atoms with E-state index in [1.807, 2.05) is 4.90 Å². The van der Waals surface area contributed by atoms with Crippen molar-refractivity contribution in [3.8, 4) is 0 Å². The highest BCUT2D eigenvalue weighted by Crippen LogP contribution is 2.13. The Balaban J connectivity index is 2.15. The summed E-state index contributed by atoms with van der Waals surface area (Å²) in [6.07, 6.45) is 0. The minimum atomic E-state index is -0.0496. The van der Waals surface area contributed by atoms with Crippen molar-refractivity contribution in [1.82, 2.24) is 15.2 Å². The van der Waals surface area contributed by atoms with Crippen molar-refractivity contribution in [2.45, 2.75) is 26.8 Å². The number of aromatic nitrogens is 1.